The van der Waals surface area contributed by atoms with Crippen LogP contribution < -0.4 is 0 Å². The Hall–Kier alpha value is -0.120. The zero-order chi connectivity index (χ0) is 9.68. The molecule has 0 aromatic rings. The molecule has 0 aromatic heterocycles. The van der Waals surface area contributed by atoms with Gasteiger partial charge in [-0.2, -0.15) is 13.2 Å². The van der Waals surface area contributed by atoms with E-state index in [-0.39, 0.29) is 5.25 Å². The molecule has 0 saturated heterocycles. The van der Waals surface area contributed by atoms with Gasteiger partial charge in [0.15, 0.2) is 0 Å². The third-order valence-electron chi connectivity index (χ3n) is 2.22. The van der Waals surface area contributed by atoms with Crippen molar-refractivity contribution in [2.24, 2.45) is 0 Å². The van der Waals surface area contributed by atoms with Gasteiger partial charge in [0.1, 0.15) is 0 Å². The first kappa shape index (κ1) is 11.0. The van der Waals surface area contributed by atoms with Crippen LogP contribution in [0.5, 0.6) is 0 Å². The topological polar surface area (TPSA) is 0 Å². The first-order valence-electron chi connectivity index (χ1n) is 4.57. The van der Waals surface area contributed by atoms with E-state index in [0.29, 0.717) is 11.8 Å². The van der Waals surface area contributed by atoms with Gasteiger partial charge in [-0.3, -0.25) is 0 Å². The summed E-state index contributed by atoms with van der Waals surface area (Å²) >= 11 is 0.705. The third-order valence-corrected chi connectivity index (χ3v) is 3.39. The van der Waals surface area contributed by atoms with Crippen LogP contribution in [0.1, 0.15) is 38.5 Å². The van der Waals surface area contributed by atoms with Gasteiger partial charge in [0.05, 0.1) is 0 Å². The third kappa shape index (κ3) is 4.07. The maximum absolute atomic E-state index is 12.5. The Balaban J connectivity index is 2.38. The van der Waals surface area contributed by atoms with Crippen molar-refractivity contribution in [1.82, 2.24) is 0 Å². The van der Waals surface area contributed by atoms with Crippen LogP contribution in [-0.2, 0) is 0 Å². The first-order valence-corrected chi connectivity index (χ1v) is 5.45. The molecule has 1 saturated carbocycles. The molecule has 1 aliphatic rings. The molecule has 1 aliphatic carbocycles. The summed E-state index contributed by atoms with van der Waals surface area (Å²) in [5.41, 5.74) is 0. The Labute approximate surface area is 80.6 Å². The van der Waals surface area contributed by atoms with E-state index >= 15 is 0 Å². The van der Waals surface area contributed by atoms with E-state index in [9.17, 15) is 13.2 Å². The van der Waals surface area contributed by atoms with Crippen LogP contribution in [0.3, 0.4) is 0 Å². The quantitative estimate of drug-likeness (QED) is 0.605. The molecule has 0 unspecified atom stereocenters. The summed E-state index contributed by atoms with van der Waals surface area (Å²) in [5, 5.41) is -1.23. The lowest BCUT2D eigenvalue weighted by atomic mass is 10.2. The van der Waals surface area contributed by atoms with Gasteiger partial charge in [-0.25, -0.2) is 0 Å². The zero-order valence-electron chi connectivity index (χ0n) is 7.36. The van der Waals surface area contributed by atoms with Crippen molar-refractivity contribution >= 4 is 11.8 Å². The van der Waals surface area contributed by atoms with Gasteiger partial charge in [0, 0.05) is 5.25 Å². The van der Waals surface area contributed by atoms with Crippen molar-refractivity contribution in [1.29, 1.82) is 0 Å². The highest BCUT2D eigenvalue weighted by Crippen LogP contribution is 2.34. The molecule has 1 fully saturated rings. The minimum Gasteiger partial charge on any atom is -0.193 e. The molecule has 0 N–H and O–H groups in total. The van der Waals surface area contributed by atoms with Crippen LogP contribution in [0, 0.1) is 0 Å². The van der Waals surface area contributed by atoms with Crippen LogP contribution >= 0.6 is 11.8 Å². The molecule has 0 atom stereocenters. The van der Waals surface area contributed by atoms with E-state index in [1.165, 1.54) is 0 Å². The Morgan fingerprint density at radius 1 is 0.923 bits per heavy atom. The molecule has 0 heterocycles. The van der Waals surface area contributed by atoms with Crippen molar-refractivity contribution in [2.45, 2.75) is 43.8 Å². The second kappa shape index (κ2) is 5.58. The molecule has 0 amide bonds. The monoisotopic (exact) mass is 210 g/mol. The van der Waals surface area contributed by atoms with Crippen molar-refractivity contribution < 1.29 is 13.2 Å². The molecule has 0 aliphatic heterocycles. The molecular formula is C9H13F3S. The molecule has 13 heavy (non-hydrogen) atoms. The van der Waals surface area contributed by atoms with Crippen LogP contribution in [-0.4, -0.2) is 5.25 Å². The van der Waals surface area contributed by atoms with E-state index in [1.807, 2.05) is 0 Å². The lowest BCUT2D eigenvalue weighted by molar-refractivity contribution is 0.394. The predicted octanol–water partition coefficient (Wildman–Crippen LogP) is 4.48. The maximum Gasteiger partial charge on any atom is 0.312 e. The molecular weight excluding hydrogens is 197 g/mol. The standard InChI is InChI=1S/C9H13F3S/c10-8(11)9(12)13-7-5-3-1-2-4-6-7/h7H,1-6H2. The molecule has 0 aromatic carbocycles. The summed E-state index contributed by atoms with van der Waals surface area (Å²) < 4.78 is 36.1. The second-order valence-electron chi connectivity index (χ2n) is 3.27. The minimum atomic E-state index is -2.17. The molecule has 4 heteroatoms. The SMILES string of the molecule is FC(F)=C(F)SC1CCCCCC1. The minimum absolute atomic E-state index is 0.0593. The van der Waals surface area contributed by atoms with Gasteiger partial charge in [-0.1, -0.05) is 37.4 Å². The molecule has 0 bridgehead atoms. The van der Waals surface area contributed by atoms with Crippen LogP contribution in [0.4, 0.5) is 13.2 Å². The van der Waals surface area contributed by atoms with Crippen LogP contribution in [0.15, 0.2) is 11.2 Å². The number of halogens is 3. The summed E-state index contributed by atoms with van der Waals surface area (Å²) in [6.45, 7) is 0. The van der Waals surface area contributed by atoms with Crippen molar-refractivity contribution in [3.8, 4) is 0 Å². The van der Waals surface area contributed by atoms with E-state index in [0.717, 1.165) is 38.5 Å². The lowest BCUT2D eigenvalue weighted by Gasteiger charge is -2.10. The van der Waals surface area contributed by atoms with Gasteiger partial charge in [0.2, 0.25) is 5.16 Å². The Kier molecular flexibility index (Phi) is 4.70. The number of hydrogen-bond acceptors (Lipinski definition) is 1. The highest BCUT2D eigenvalue weighted by molar-refractivity contribution is 8.03. The lowest BCUT2D eigenvalue weighted by Crippen LogP contribution is -1.99. The van der Waals surface area contributed by atoms with Crippen molar-refractivity contribution in [3.63, 3.8) is 0 Å². The van der Waals surface area contributed by atoms with E-state index < -0.39 is 11.2 Å². The van der Waals surface area contributed by atoms with Gasteiger partial charge < -0.3 is 0 Å². The molecule has 0 radical (unpaired) electrons. The van der Waals surface area contributed by atoms with Gasteiger partial charge in [-0.05, 0) is 12.8 Å². The van der Waals surface area contributed by atoms with E-state index in [1.54, 1.807) is 0 Å². The zero-order valence-corrected chi connectivity index (χ0v) is 8.18. The fourth-order valence-electron chi connectivity index (χ4n) is 1.55. The van der Waals surface area contributed by atoms with Gasteiger partial charge in [-0.15, -0.1) is 0 Å². The van der Waals surface area contributed by atoms with E-state index in [2.05, 4.69) is 0 Å². The van der Waals surface area contributed by atoms with Gasteiger partial charge >= 0.3 is 6.08 Å². The van der Waals surface area contributed by atoms with Gasteiger partial charge in [0.25, 0.3) is 0 Å². The number of thioether (sulfide) groups is 1. The summed E-state index contributed by atoms with van der Waals surface area (Å²) in [5.74, 6) is 0. The largest absolute Gasteiger partial charge is 0.312 e. The van der Waals surface area contributed by atoms with Crippen molar-refractivity contribution in [2.75, 3.05) is 0 Å². The highest BCUT2D eigenvalue weighted by atomic mass is 32.2. The summed E-state index contributed by atoms with van der Waals surface area (Å²) in [6, 6.07) is 0. The Morgan fingerprint density at radius 3 is 1.92 bits per heavy atom. The second-order valence-corrected chi connectivity index (χ2v) is 4.53. The summed E-state index contributed by atoms with van der Waals surface area (Å²) in [6.07, 6.45) is 3.95. The maximum atomic E-state index is 12.5. The smallest absolute Gasteiger partial charge is 0.193 e. The van der Waals surface area contributed by atoms with E-state index in [4.69, 9.17) is 0 Å². The molecule has 0 nitrogen and oxygen atoms in total. The number of rotatable bonds is 2. The fraction of sp³-hybridized carbons (Fsp3) is 0.778. The summed E-state index contributed by atoms with van der Waals surface area (Å²) in [4.78, 5) is 0. The number of hydrogen-bond donors (Lipinski definition) is 0. The Bertz CT molecular complexity index is 179. The average molecular weight is 210 g/mol. The highest BCUT2D eigenvalue weighted by Gasteiger charge is 2.17. The van der Waals surface area contributed by atoms with Crippen LogP contribution in [0.25, 0.3) is 0 Å². The van der Waals surface area contributed by atoms with Crippen LogP contribution in [0.2, 0.25) is 0 Å². The Morgan fingerprint density at radius 2 is 1.46 bits per heavy atom. The van der Waals surface area contributed by atoms with Crippen molar-refractivity contribution in [3.05, 3.63) is 11.2 Å². The fourth-order valence-corrected chi connectivity index (χ4v) is 2.50. The predicted molar refractivity (Wildman–Crippen MR) is 49.4 cm³/mol. The summed E-state index contributed by atoms with van der Waals surface area (Å²) in [7, 11) is 0. The normalized spacial score (nSPS) is 19.6. The first-order chi connectivity index (χ1) is 6.20. The average Bonchev–Trinajstić information content (AvgIpc) is 2.32. The molecule has 0 spiro atoms. The molecule has 1 rings (SSSR count). The molecule has 76 valence electrons.